The summed E-state index contributed by atoms with van der Waals surface area (Å²) in [6.45, 7) is 2.49. The first-order chi connectivity index (χ1) is 13.0. The van der Waals surface area contributed by atoms with E-state index in [1.165, 1.54) is 7.11 Å². The first kappa shape index (κ1) is 20.6. The van der Waals surface area contributed by atoms with Crippen molar-refractivity contribution in [3.63, 3.8) is 0 Å². The molecule has 0 atom stereocenters. The van der Waals surface area contributed by atoms with Gasteiger partial charge in [-0.1, -0.05) is 30.7 Å². The van der Waals surface area contributed by atoms with Gasteiger partial charge in [-0.15, -0.1) is 0 Å². The maximum Gasteiger partial charge on any atom is 0.255 e. The van der Waals surface area contributed by atoms with E-state index in [2.05, 4.69) is 10.6 Å². The normalized spacial score (nSPS) is 10.2. The zero-order chi connectivity index (χ0) is 19.8. The molecule has 0 radical (unpaired) electrons. The number of hydrogen-bond acceptors (Lipinski definition) is 4. The van der Waals surface area contributed by atoms with Crippen LogP contribution in [0.5, 0.6) is 11.5 Å². The number of nitrogens with one attached hydrogen (secondary N) is 2. The molecule has 0 spiro atoms. The third-order valence-electron chi connectivity index (χ3n) is 3.80. The van der Waals surface area contributed by atoms with Gasteiger partial charge in [-0.2, -0.15) is 0 Å². The molecule has 2 aromatic rings. The van der Waals surface area contributed by atoms with E-state index in [0.29, 0.717) is 34.4 Å². The number of likely N-dealkylation sites (N-methyl/N-ethyl adjacent to an activating group) is 1. The Kier molecular flexibility index (Phi) is 7.49. The van der Waals surface area contributed by atoms with Crippen LogP contribution in [0.2, 0.25) is 5.02 Å². The lowest BCUT2D eigenvalue weighted by atomic mass is 10.1. The summed E-state index contributed by atoms with van der Waals surface area (Å²) in [6.07, 6.45) is 1.12. The van der Waals surface area contributed by atoms with Crippen LogP contribution in [-0.2, 0) is 11.2 Å². The van der Waals surface area contributed by atoms with Gasteiger partial charge < -0.3 is 20.1 Å². The number of anilines is 1. The maximum atomic E-state index is 12.5. The summed E-state index contributed by atoms with van der Waals surface area (Å²) in [5.41, 5.74) is 1.83. The Morgan fingerprint density at radius 2 is 1.85 bits per heavy atom. The average molecular weight is 391 g/mol. The summed E-state index contributed by atoms with van der Waals surface area (Å²) in [6, 6.07) is 10.2. The lowest BCUT2D eigenvalue weighted by molar-refractivity contribution is -0.119. The highest BCUT2D eigenvalue weighted by Crippen LogP contribution is 2.36. The minimum Gasteiger partial charge on any atom is -0.493 e. The molecule has 6 nitrogen and oxygen atoms in total. The van der Waals surface area contributed by atoms with Gasteiger partial charge in [0, 0.05) is 18.3 Å². The topological polar surface area (TPSA) is 76.7 Å². The SMILES string of the molecule is CCCOc1c(Cl)cc(C(=O)Nc2ccc(CC(=O)NC)cc2)cc1OC. The molecule has 2 rings (SSSR count). The molecular weight excluding hydrogens is 368 g/mol. The van der Waals surface area contributed by atoms with Crippen molar-refractivity contribution in [1.82, 2.24) is 5.32 Å². The molecule has 2 N–H and O–H groups in total. The number of benzene rings is 2. The number of amides is 2. The zero-order valence-electron chi connectivity index (χ0n) is 15.6. The van der Waals surface area contributed by atoms with Crippen LogP contribution < -0.4 is 20.1 Å². The summed E-state index contributed by atoms with van der Waals surface area (Å²) in [4.78, 5) is 23.9. The minimum atomic E-state index is -0.323. The molecule has 0 aliphatic heterocycles. The van der Waals surface area contributed by atoms with Gasteiger partial charge in [0.1, 0.15) is 0 Å². The molecular formula is C20H23ClN2O4. The maximum absolute atomic E-state index is 12.5. The summed E-state index contributed by atoms with van der Waals surface area (Å²) in [7, 11) is 3.09. The van der Waals surface area contributed by atoms with Gasteiger partial charge in [0.15, 0.2) is 11.5 Å². The molecule has 2 amide bonds. The molecule has 0 aliphatic rings. The first-order valence-electron chi connectivity index (χ1n) is 8.59. The van der Waals surface area contributed by atoms with Gasteiger partial charge in [-0.05, 0) is 36.2 Å². The summed E-state index contributed by atoms with van der Waals surface area (Å²) >= 11 is 6.26. The molecule has 0 bridgehead atoms. The van der Waals surface area contributed by atoms with Crippen LogP contribution in [0.4, 0.5) is 5.69 Å². The van der Waals surface area contributed by atoms with Gasteiger partial charge in [0.2, 0.25) is 5.91 Å². The van der Waals surface area contributed by atoms with Crippen molar-refractivity contribution in [2.75, 3.05) is 26.1 Å². The van der Waals surface area contributed by atoms with E-state index in [4.69, 9.17) is 21.1 Å². The standard InChI is InChI=1S/C20H23ClN2O4/c1-4-9-27-19-16(21)11-14(12-17(19)26-3)20(25)23-15-7-5-13(6-8-15)10-18(24)22-2/h5-8,11-12H,4,9-10H2,1-3H3,(H,22,24)(H,23,25). The Balaban J connectivity index is 2.13. The van der Waals surface area contributed by atoms with Crippen LogP contribution in [-0.4, -0.2) is 32.6 Å². The van der Waals surface area contributed by atoms with Crippen molar-refractivity contribution >= 4 is 29.1 Å². The molecule has 0 heterocycles. The van der Waals surface area contributed by atoms with Gasteiger partial charge in [0.05, 0.1) is 25.2 Å². The van der Waals surface area contributed by atoms with Crippen molar-refractivity contribution in [1.29, 1.82) is 0 Å². The highest BCUT2D eigenvalue weighted by atomic mass is 35.5. The number of halogens is 1. The van der Waals surface area contributed by atoms with E-state index in [0.717, 1.165) is 12.0 Å². The smallest absolute Gasteiger partial charge is 0.255 e. The van der Waals surface area contributed by atoms with Gasteiger partial charge >= 0.3 is 0 Å². The summed E-state index contributed by atoms with van der Waals surface area (Å²) < 4.78 is 10.9. The number of methoxy groups -OCH3 is 1. The third-order valence-corrected chi connectivity index (χ3v) is 4.08. The lowest BCUT2D eigenvalue weighted by Crippen LogP contribution is -2.19. The lowest BCUT2D eigenvalue weighted by Gasteiger charge is -2.14. The van der Waals surface area contributed by atoms with Gasteiger partial charge in [0.25, 0.3) is 5.91 Å². The van der Waals surface area contributed by atoms with Crippen molar-refractivity contribution in [3.8, 4) is 11.5 Å². The Morgan fingerprint density at radius 1 is 1.15 bits per heavy atom. The van der Waals surface area contributed by atoms with Gasteiger partial charge in [-0.25, -0.2) is 0 Å². The van der Waals surface area contributed by atoms with Crippen LogP contribution in [0.25, 0.3) is 0 Å². The number of ether oxygens (including phenoxy) is 2. The van der Waals surface area contributed by atoms with Crippen molar-refractivity contribution in [2.45, 2.75) is 19.8 Å². The molecule has 0 fully saturated rings. The van der Waals surface area contributed by atoms with E-state index in [9.17, 15) is 9.59 Å². The Hall–Kier alpha value is -2.73. The fraction of sp³-hybridized carbons (Fsp3) is 0.300. The monoisotopic (exact) mass is 390 g/mol. The van der Waals surface area contributed by atoms with E-state index in [1.807, 2.05) is 6.92 Å². The number of carbonyl (C=O) groups is 2. The molecule has 0 aromatic heterocycles. The van der Waals surface area contributed by atoms with Crippen molar-refractivity contribution in [3.05, 3.63) is 52.5 Å². The van der Waals surface area contributed by atoms with Crippen LogP contribution in [0.15, 0.2) is 36.4 Å². The quantitative estimate of drug-likeness (QED) is 0.720. The molecule has 7 heteroatoms. The summed E-state index contributed by atoms with van der Waals surface area (Å²) in [5.74, 6) is 0.438. The molecule has 0 saturated heterocycles. The fourth-order valence-electron chi connectivity index (χ4n) is 2.38. The number of rotatable bonds is 8. The molecule has 0 aliphatic carbocycles. The van der Waals surface area contributed by atoms with E-state index in [1.54, 1.807) is 43.4 Å². The largest absolute Gasteiger partial charge is 0.493 e. The van der Waals surface area contributed by atoms with Crippen LogP contribution >= 0.6 is 11.6 Å². The minimum absolute atomic E-state index is 0.0705. The molecule has 2 aromatic carbocycles. The highest BCUT2D eigenvalue weighted by molar-refractivity contribution is 6.32. The second kappa shape index (κ2) is 9.83. The third kappa shape index (κ3) is 5.62. The highest BCUT2D eigenvalue weighted by Gasteiger charge is 2.16. The zero-order valence-corrected chi connectivity index (χ0v) is 16.4. The Bertz CT molecular complexity index is 806. The van der Waals surface area contributed by atoms with Crippen molar-refractivity contribution in [2.24, 2.45) is 0 Å². The van der Waals surface area contributed by atoms with E-state index >= 15 is 0 Å². The van der Waals surface area contributed by atoms with Crippen molar-refractivity contribution < 1.29 is 19.1 Å². The first-order valence-corrected chi connectivity index (χ1v) is 8.97. The average Bonchev–Trinajstić information content (AvgIpc) is 2.67. The van der Waals surface area contributed by atoms with Crippen LogP contribution in [0.1, 0.15) is 29.3 Å². The van der Waals surface area contributed by atoms with Gasteiger partial charge in [-0.3, -0.25) is 9.59 Å². The van der Waals surface area contributed by atoms with Crippen LogP contribution in [0.3, 0.4) is 0 Å². The fourth-order valence-corrected chi connectivity index (χ4v) is 2.64. The second-order valence-corrected chi connectivity index (χ2v) is 6.25. The number of carbonyl (C=O) groups excluding carboxylic acids is 2. The molecule has 27 heavy (non-hydrogen) atoms. The molecule has 0 saturated carbocycles. The summed E-state index contributed by atoms with van der Waals surface area (Å²) in [5, 5.41) is 5.68. The van der Waals surface area contributed by atoms with Crippen LogP contribution in [0, 0.1) is 0 Å². The predicted octanol–water partition coefficient (Wildman–Crippen LogP) is 3.68. The molecule has 144 valence electrons. The van der Waals surface area contributed by atoms with E-state index in [-0.39, 0.29) is 18.2 Å². The second-order valence-electron chi connectivity index (χ2n) is 5.84. The molecule has 0 unspecified atom stereocenters. The number of hydrogen-bond donors (Lipinski definition) is 2. The Morgan fingerprint density at radius 3 is 2.44 bits per heavy atom. The predicted molar refractivity (Wildman–Crippen MR) is 106 cm³/mol. The Labute approximate surface area is 163 Å². The van der Waals surface area contributed by atoms with E-state index < -0.39 is 0 Å².